The van der Waals surface area contributed by atoms with Gasteiger partial charge in [-0.3, -0.25) is 0 Å². The summed E-state index contributed by atoms with van der Waals surface area (Å²) in [6, 6.07) is 6.41. The van der Waals surface area contributed by atoms with Gasteiger partial charge in [-0.05, 0) is 17.7 Å². The van der Waals surface area contributed by atoms with Crippen molar-refractivity contribution in [3.63, 3.8) is 0 Å². The van der Waals surface area contributed by atoms with Crippen LogP contribution in [0, 0.1) is 5.82 Å². The van der Waals surface area contributed by atoms with Crippen LogP contribution in [0.25, 0.3) is 0 Å². The maximum Gasteiger partial charge on any atom is 0.231 e. The standard InChI is InChI=1S/C13H17FN6/c1-19(2)12-16-11(15)17-13(18-12)20(3)8-9-5-4-6-10(14)7-9/h4-7H,8H2,1-3H3,(H2,15,16,17,18). The molecule has 0 aliphatic heterocycles. The molecule has 20 heavy (non-hydrogen) atoms. The molecule has 0 saturated heterocycles. The van der Waals surface area contributed by atoms with Crippen LogP contribution in [-0.4, -0.2) is 36.1 Å². The Kier molecular flexibility index (Phi) is 3.97. The average Bonchev–Trinajstić information content (AvgIpc) is 2.37. The highest BCUT2D eigenvalue weighted by molar-refractivity contribution is 5.42. The van der Waals surface area contributed by atoms with Crippen molar-refractivity contribution in [3.8, 4) is 0 Å². The third kappa shape index (κ3) is 3.31. The Morgan fingerprint density at radius 1 is 1.10 bits per heavy atom. The first-order chi connectivity index (χ1) is 9.45. The monoisotopic (exact) mass is 276 g/mol. The average molecular weight is 276 g/mol. The van der Waals surface area contributed by atoms with Crippen LogP contribution in [0.4, 0.5) is 22.2 Å². The van der Waals surface area contributed by atoms with Gasteiger partial charge in [0, 0.05) is 27.7 Å². The first kappa shape index (κ1) is 14.0. The summed E-state index contributed by atoms with van der Waals surface area (Å²) in [5.41, 5.74) is 6.51. The number of aromatic nitrogens is 3. The number of nitrogens with two attached hydrogens (primary N) is 1. The first-order valence-electron chi connectivity index (χ1n) is 6.10. The van der Waals surface area contributed by atoms with E-state index < -0.39 is 0 Å². The summed E-state index contributed by atoms with van der Waals surface area (Å²) in [6.45, 7) is 0.480. The molecule has 6 nitrogen and oxygen atoms in total. The van der Waals surface area contributed by atoms with E-state index in [-0.39, 0.29) is 11.8 Å². The van der Waals surface area contributed by atoms with Gasteiger partial charge in [0.05, 0.1) is 0 Å². The van der Waals surface area contributed by atoms with Crippen molar-refractivity contribution in [1.29, 1.82) is 0 Å². The van der Waals surface area contributed by atoms with Crippen LogP contribution in [-0.2, 0) is 6.54 Å². The Bertz CT molecular complexity index is 601. The quantitative estimate of drug-likeness (QED) is 0.907. The van der Waals surface area contributed by atoms with Gasteiger partial charge in [-0.1, -0.05) is 12.1 Å². The molecule has 2 aromatic rings. The number of hydrogen-bond donors (Lipinski definition) is 1. The lowest BCUT2D eigenvalue weighted by molar-refractivity contribution is 0.625. The van der Waals surface area contributed by atoms with Gasteiger partial charge < -0.3 is 15.5 Å². The van der Waals surface area contributed by atoms with E-state index in [4.69, 9.17) is 5.73 Å². The molecule has 0 unspecified atom stereocenters. The second-order valence-electron chi connectivity index (χ2n) is 4.67. The van der Waals surface area contributed by atoms with E-state index in [1.54, 1.807) is 15.9 Å². The highest BCUT2D eigenvalue weighted by Crippen LogP contribution is 2.15. The molecule has 0 bridgehead atoms. The molecular weight excluding hydrogens is 259 g/mol. The van der Waals surface area contributed by atoms with E-state index in [1.165, 1.54) is 12.1 Å². The highest BCUT2D eigenvalue weighted by Gasteiger charge is 2.11. The number of benzene rings is 1. The van der Waals surface area contributed by atoms with Crippen molar-refractivity contribution in [1.82, 2.24) is 15.0 Å². The van der Waals surface area contributed by atoms with E-state index in [9.17, 15) is 4.39 Å². The van der Waals surface area contributed by atoms with Crippen LogP contribution in [0.2, 0.25) is 0 Å². The van der Waals surface area contributed by atoms with Gasteiger partial charge in [-0.2, -0.15) is 15.0 Å². The number of nitrogens with zero attached hydrogens (tertiary/aromatic N) is 5. The van der Waals surface area contributed by atoms with E-state index in [0.717, 1.165) is 5.56 Å². The Hall–Kier alpha value is -2.44. The predicted octanol–water partition coefficient (Wildman–Crippen LogP) is 1.30. The van der Waals surface area contributed by atoms with Crippen LogP contribution < -0.4 is 15.5 Å². The van der Waals surface area contributed by atoms with Gasteiger partial charge in [0.1, 0.15) is 5.82 Å². The lowest BCUT2D eigenvalue weighted by Gasteiger charge is -2.19. The first-order valence-corrected chi connectivity index (χ1v) is 6.10. The lowest BCUT2D eigenvalue weighted by Crippen LogP contribution is -2.22. The molecule has 0 amide bonds. The summed E-state index contributed by atoms with van der Waals surface area (Å²) in [6.07, 6.45) is 0. The van der Waals surface area contributed by atoms with Crippen molar-refractivity contribution in [2.45, 2.75) is 6.54 Å². The van der Waals surface area contributed by atoms with Crippen LogP contribution >= 0.6 is 0 Å². The molecule has 106 valence electrons. The molecule has 1 aromatic carbocycles. The number of anilines is 3. The predicted molar refractivity (Wildman–Crippen MR) is 77.1 cm³/mol. The minimum Gasteiger partial charge on any atom is -0.368 e. The fourth-order valence-electron chi connectivity index (χ4n) is 1.72. The Morgan fingerprint density at radius 2 is 1.80 bits per heavy atom. The topological polar surface area (TPSA) is 71.2 Å². The van der Waals surface area contributed by atoms with Crippen molar-refractivity contribution >= 4 is 17.8 Å². The maximum absolute atomic E-state index is 13.2. The smallest absolute Gasteiger partial charge is 0.231 e. The fraction of sp³-hybridized carbons (Fsp3) is 0.308. The Labute approximate surface area is 117 Å². The minimum absolute atomic E-state index is 0.157. The van der Waals surface area contributed by atoms with Gasteiger partial charge in [-0.25, -0.2) is 4.39 Å². The van der Waals surface area contributed by atoms with Gasteiger partial charge >= 0.3 is 0 Å². The zero-order valence-electron chi connectivity index (χ0n) is 11.7. The van der Waals surface area contributed by atoms with Crippen LogP contribution in [0.5, 0.6) is 0 Å². The third-order valence-corrected chi connectivity index (χ3v) is 2.68. The summed E-state index contributed by atoms with van der Waals surface area (Å²) in [7, 11) is 5.47. The van der Waals surface area contributed by atoms with Crippen molar-refractivity contribution < 1.29 is 4.39 Å². The molecule has 7 heteroatoms. The summed E-state index contributed by atoms with van der Waals surface area (Å²) in [5.74, 6) is 0.828. The number of hydrogen-bond acceptors (Lipinski definition) is 6. The van der Waals surface area contributed by atoms with Gasteiger partial charge in [0.15, 0.2) is 0 Å². The van der Waals surface area contributed by atoms with E-state index in [0.29, 0.717) is 18.4 Å². The molecule has 1 heterocycles. The van der Waals surface area contributed by atoms with Gasteiger partial charge in [-0.15, -0.1) is 0 Å². The van der Waals surface area contributed by atoms with Gasteiger partial charge in [0.25, 0.3) is 0 Å². The molecule has 0 aliphatic rings. The Morgan fingerprint density at radius 3 is 2.45 bits per heavy atom. The zero-order chi connectivity index (χ0) is 14.7. The third-order valence-electron chi connectivity index (χ3n) is 2.68. The van der Waals surface area contributed by atoms with Crippen molar-refractivity contribution in [3.05, 3.63) is 35.6 Å². The molecule has 0 fully saturated rings. The normalized spacial score (nSPS) is 10.4. The van der Waals surface area contributed by atoms with Crippen molar-refractivity contribution in [2.75, 3.05) is 36.7 Å². The largest absolute Gasteiger partial charge is 0.368 e. The fourth-order valence-corrected chi connectivity index (χ4v) is 1.72. The van der Waals surface area contributed by atoms with Crippen LogP contribution in [0.1, 0.15) is 5.56 Å². The van der Waals surface area contributed by atoms with E-state index >= 15 is 0 Å². The molecule has 0 spiro atoms. The van der Waals surface area contributed by atoms with E-state index in [2.05, 4.69) is 15.0 Å². The van der Waals surface area contributed by atoms with Crippen LogP contribution in [0.3, 0.4) is 0 Å². The summed E-state index contributed by atoms with van der Waals surface area (Å²) < 4.78 is 13.2. The minimum atomic E-state index is -0.264. The number of nitrogen functional groups attached to an aromatic ring is 1. The molecule has 1 aromatic heterocycles. The molecule has 0 atom stereocenters. The molecule has 0 aliphatic carbocycles. The van der Waals surface area contributed by atoms with Gasteiger partial charge in [0.2, 0.25) is 17.8 Å². The number of rotatable bonds is 4. The molecule has 0 saturated carbocycles. The zero-order valence-corrected chi connectivity index (χ0v) is 11.7. The maximum atomic E-state index is 13.2. The molecular formula is C13H17FN6. The highest BCUT2D eigenvalue weighted by atomic mass is 19.1. The Balaban J connectivity index is 2.22. The second-order valence-corrected chi connectivity index (χ2v) is 4.67. The summed E-state index contributed by atoms with van der Waals surface area (Å²) >= 11 is 0. The molecule has 0 radical (unpaired) electrons. The SMILES string of the molecule is CN(C)c1nc(N)nc(N(C)Cc2cccc(F)c2)n1. The van der Waals surface area contributed by atoms with Crippen LogP contribution in [0.15, 0.2) is 24.3 Å². The lowest BCUT2D eigenvalue weighted by atomic mass is 10.2. The molecule has 2 rings (SSSR count). The number of halogens is 1. The second kappa shape index (κ2) is 5.68. The molecule has 2 N–H and O–H groups in total. The van der Waals surface area contributed by atoms with E-state index in [1.807, 2.05) is 27.2 Å². The summed E-state index contributed by atoms with van der Waals surface area (Å²) in [4.78, 5) is 16.0. The van der Waals surface area contributed by atoms with Crippen molar-refractivity contribution in [2.24, 2.45) is 0 Å². The summed E-state index contributed by atoms with van der Waals surface area (Å²) in [5, 5.41) is 0.